The van der Waals surface area contributed by atoms with Crippen molar-refractivity contribution in [1.29, 1.82) is 0 Å². The van der Waals surface area contributed by atoms with Gasteiger partial charge in [-0.15, -0.1) is 0 Å². The summed E-state index contributed by atoms with van der Waals surface area (Å²) < 4.78 is 13.0. The zero-order chi connectivity index (χ0) is 13.9. The first-order valence-corrected chi connectivity index (χ1v) is 8.92. The Morgan fingerprint density at radius 2 is 1.89 bits per heavy atom. The molecule has 0 fully saturated rings. The third kappa shape index (κ3) is 4.78. The molecule has 18 heavy (non-hydrogen) atoms. The maximum Gasteiger partial charge on any atom is 0.227 e. The molecule has 1 aromatic rings. The van der Waals surface area contributed by atoms with Gasteiger partial charge in [-0.25, -0.2) is 0 Å². The van der Waals surface area contributed by atoms with Crippen molar-refractivity contribution < 1.29 is 14.3 Å². The van der Waals surface area contributed by atoms with Crippen molar-refractivity contribution in [1.82, 2.24) is 0 Å². The van der Waals surface area contributed by atoms with Gasteiger partial charge in [0.25, 0.3) is 0 Å². The summed E-state index contributed by atoms with van der Waals surface area (Å²) in [6.45, 7) is 1.62. The van der Waals surface area contributed by atoms with Crippen LogP contribution < -0.4 is 5.32 Å². The fraction of sp³-hybridized carbons (Fsp3) is 0.300. The summed E-state index contributed by atoms with van der Waals surface area (Å²) in [6, 6.07) is 3.61. The molecular formula is C10H11Br3NO3P. The molecule has 0 aliphatic heterocycles. The second-order valence-corrected chi connectivity index (χ2v) is 7.55. The van der Waals surface area contributed by atoms with E-state index in [0.29, 0.717) is 5.69 Å². The Hall–Kier alpha value is 0.320. The van der Waals surface area contributed by atoms with E-state index in [1.54, 1.807) is 19.1 Å². The van der Waals surface area contributed by atoms with Crippen molar-refractivity contribution in [3.05, 3.63) is 25.6 Å². The van der Waals surface area contributed by atoms with Crippen LogP contribution in [0.4, 0.5) is 5.69 Å². The minimum Gasteiger partial charge on any atom is -0.346 e. The molecule has 0 radical (unpaired) electrons. The van der Waals surface area contributed by atoms with Crippen LogP contribution in [0.1, 0.15) is 6.92 Å². The summed E-state index contributed by atoms with van der Waals surface area (Å²) >= 11 is 10.0. The number of benzene rings is 1. The number of hydrogen-bond acceptors (Lipinski definition) is 2. The second-order valence-electron chi connectivity index (χ2n) is 3.73. The third-order valence-corrected chi connectivity index (χ3v) is 4.85. The van der Waals surface area contributed by atoms with Crippen LogP contribution in [0.2, 0.25) is 0 Å². The molecule has 8 heteroatoms. The first-order chi connectivity index (χ1) is 8.31. The lowest BCUT2D eigenvalue weighted by molar-refractivity contribution is -0.118. The summed E-state index contributed by atoms with van der Waals surface area (Å²) in [4.78, 5) is 20.7. The normalized spacial score (nSPS) is 14.1. The van der Waals surface area contributed by atoms with Crippen LogP contribution in [0.15, 0.2) is 25.6 Å². The van der Waals surface area contributed by atoms with Gasteiger partial charge in [0.2, 0.25) is 5.91 Å². The molecule has 2 N–H and O–H groups in total. The highest BCUT2D eigenvalue weighted by molar-refractivity contribution is 9.11. The van der Waals surface area contributed by atoms with Gasteiger partial charge in [0, 0.05) is 25.5 Å². The third-order valence-electron chi connectivity index (χ3n) is 2.18. The van der Waals surface area contributed by atoms with Gasteiger partial charge in [-0.1, -0.05) is 22.9 Å². The molecule has 1 rings (SSSR count). The van der Waals surface area contributed by atoms with Crippen LogP contribution in [-0.4, -0.2) is 17.0 Å². The highest BCUT2D eigenvalue weighted by Crippen LogP contribution is 2.34. The number of carbonyl (C=O) groups is 1. The molecule has 0 aromatic heterocycles. The van der Waals surface area contributed by atoms with Gasteiger partial charge >= 0.3 is 0 Å². The fourth-order valence-electron chi connectivity index (χ4n) is 1.26. The van der Waals surface area contributed by atoms with Gasteiger partial charge in [-0.05, 0) is 44.0 Å². The van der Waals surface area contributed by atoms with Crippen molar-refractivity contribution >= 4 is 67.4 Å². The zero-order valence-electron chi connectivity index (χ0n) is 9.34. The standard InChI is InChI=1S/C10H11Br3NO3P/c1-5(4-18(16)17)10(15)14-9-7(12)2-6(11)3-8(9)13/h2-3,5,18H,4H2,1H3,(H,14,15)(H,16,17). The summed E-state index contributed by atoms with van der Waals surface area (Å²) in [6.07, 6.45) is -0.0116. The van der Waals surface area contributed by atoms with Gasteiger partial charge in [0.15, 0.2) is 8.03 Å². The maximum atomic E-state index is 11.8. The first-order valence-electron chi connectivity index (χ1n) is 4.98. The number of carbonyl (C=O) groups excluding carboxylic acids is 1. The van der Waals surface area contributed by atoms with Crippen molar-refractivity contribution in [2.24, 2.45) is 5.92 Å². The monoisotopic (exact) mass is 461 g/mol. The maximum absolute atomic E-state index is 11.8. The second kappa shape index (κ2) is 7.20. The molecule has 1 aromatic carbocycles. The van der Waals surface area contributed by atoms with Crippen LogP contribution in [0.5, 0.6) is 0 Å². The van der Waals surface area contributed by atoms with E-state index in [2.05, 4.69) is 53.1 Å². The van der Waals surface area contributed by atoms with E-state index in [4.69, 9.17) is 4.89 Å². The number of anilines is 1. The SMILES string of the molecule is CC(C[PH](=O)O)C(=O)Nc1c(Br)cc(Br)cc1Br. The summed E-state index contributed by atoms with van der Waals surface area (Å²) in [5, 5.41) is 2.72. The smallest absolute Gasteiger partial charge is 0.227 e. The molecule has 0 saturated carbocycles. The summed E-state index contributed by atoms with van der Waals surface area (Å²) in [7, 11) is -2.64. The molecule has 0 aliphatic rings. The summed E-state index contributed by atoms with van der Waals surface area (Å²) in [5.41, 5.74) is 0.604. The molecule has 2 atom stereocenters. The van der Waals surface area contributed by atoms with E-state index >= 15 is 0 Å². The molecule has 0 saturated heterocycles. The summed E-state index contributed by atoms with van der Waals surface area (Å²) in [5.74, 6) is -0.796. The highest BCUT2D eigenvalue weighted by atomic mass is 79.9. The van der Waals surface area contributed by atoms with Crippen LogP contribution in [0, 0.1) is 5.92 Å². The number of hydrogen-bond donors (Lipinski definition) is 2. The zero-order valence-corrected chi connectivity index (χ0v) is 15.1. The van der Waals surface area contributed by atoms with Crippen molar-refractivity contribution in [3.63, 3.8) is 0 Å². The predicted octanol–water partition coefficient (Wildman–Crippen LogP) is 4.02. The molecule has 2 unspecified atom stereocenters. The Bertz CT molecular complexity index is 472. The van der Waals surface area contributed by atoms with Crippen molar-refractivity contribution in [2.45, 2.75) is 6.92 Å². The van der Waals surface area contributed by atoms with Gasteiger partial charge in [0.05, 0.1) is 5.69 Å². The lowest BCUT2D eigenvalue weighted by Crippen LogP contribution is -2.22. The molecule has 0 heterocycles. The van der Waals surface area contributed by atoms with Crippen molar-refractivity contribution in [2.75, 3.05) is 11.5 Å². The molecular weight excluding hydrogens is 453 g/mol. The van der Waals surface area contributed by atoms with Crippen LogP contribution >= 0.6 is 55.8 Å². The number of halogens is 3. The Morgan fingerprint density at radius 3 is 2.33 bits per heavy atom. The Kier molecular flexibility index (Phi) is 6.55. The van der Waals surface area contributed by atoms with Crippen molar-refractivity contribution in [3.8, 4) is 0 Å². The lowest BCUT2D eigenvalue weighted by Gasteiger charge is -2.13. The first kappa shape index (κ1) is 16.4. The molecule has 0 bridgehead atoms. The van der Waals surface area contributed by atoms with E-state index in [0.717, 1.165) is 13.4 Å². The van der Waals surface area contributed by atoms with Gasteiger partial charge in [0.1, 0.15) is 0 Å². The number of nitrogens with one attached hydrogen (secondary N) is 1. The Balaban J connectivity index is 2.85. The molecule has 100 valence electrons. The molecule has 4 nitrogen and oxygen atoms in total. The quantitative estimate of drug-likeness (QED) is 0.663. The van der Waals surface area contributed by atoms with E-state index in [9.17, 15) is 9.36 Å². The minimum atomic E-state index is -2.64. The number of amides is 1. The van der Waals surface area contributed by atoms with Crippen LogP contribution in [-0.2, 0) is 9.36 Å². The number of rotatable bonds is 4. The van der Waals surface area contributed by atoms with Gasteiger partial charge < -0.3 is 10.2 Å². The average molecular weight is 464 g/mol. The van der Waals surface area contributed by atoms with E-state index in [1.807, 2.05) is 0 Å². The highest BCUT2D eigenvalue weighted by Gasteiger charge is 2.17. The van der Waals surface area contributed by atoms with E-state index in [1.165, 1.54) is 0 Å². The lowest BCUT2D eigenvalue weighted by atomic mass is 10.2. The van der Waals surface area contributed by atoms with Crippen LogP contribution in [0.25, 0.3) is 0 Å². The van der Waals surface area contributed by atoms with E-state index < -0.39 is 13.9 Å². The molecule has 0 aliphatic carbocycles. The van der Waals surface area contributed by atoms with Gasteiger partial charge in [-0.2, -0.15) is 0 Å². The Morgan fingerprint density at radius 1 is 1.39 bits per heavy atom. The van der Waals surface area contributed by atoms with E-state index in [-0.39, 0.29) is 12.1 Å². The molecule has 0 spiro atoms. The fourth-order valence-corrected chi connectivity index (χ4v) is 4.43. The van der Waals surface area contributed by atoms with Gasteiger partial charge in [-0.3, -0.25) is 9.36 Å². The topological polar surface area (TPSA) is 66.4 Å². The molecule has 1 amide bonds. The predicted molar refractivity (Wildman–Crippen MR) is 83.4 cm³/mol. The largest absolute Gasteiger partial charge is 0.346 e. The minimum absolute atomic E-state index is 0.0116. The van der Waals surface area contributed by atoms with Crippen LogP contribution in [0.3, 0.4) is 0 Å². The average Bonchev–Trinajstić information content (AvgIpc) is 2.21. The Labute approximate surface area is 131 Å².